The summed E-state index contributed by atoms with van der Waals surface area (Å²) in [5.41, 5.74) is 1.15. The number of nitrogens with zero attached hydrogens (tertiary/aromatic N) is 1. The van der Waals surface area contributed by atoms with Crippen LogP contribution in [-0.4, -0.2) is 11.5 Å². The van der Waals surface area contributed by atoms with E-state index in [-0.39, 0.29) is 12.4 Å². The molecular formula is C13H21ClN2. The molecule has 3 heteroatoms. The Labute approximate surface area is 104 Å². The first kappa shape index (κ1) is 13.5. The summed E-state index contributed by atoms with van der Waals surface area (Å²) in [5, 5.41) is 3.51. The molecule has 1 saturated carbocycles. The summed E-state index contributed by atoms with van der Waals surface area (Å²) in [7, 11) is 0. The predicted octanol–water partition coefficient (Wildman–Crippen LogP) is 3.17. The molecule has 0 saturated heterocycles. The number of rotatable bonds is 4. The van der Waals surface area contributed by atoms with Crippen molar-refractivity contribution in [2.45, 2.75) is 38.6 Å². The highest BCUT2D eigenvalue weighted by Gasteiger charge is 2.12. The van der Waals surface area contributed by atoms with E-state index < -0.39 is 0 Å². The number of hydrogen-bond acceptors (Lipinski definition) is 2. The lowest BCUT2D eigenvalue weighted by molar-refractivity contribution is 0.341. The van der Waals surface area contributed by atoms with Gasteiger partial charge in [0.1, 0.15) is 0 Å². The fraction of sp³-hybridized carbons (Fsp3) is 0.615. The average molecular weight is 241 g/mol. The van der Waals surface area contributed by atoms with Gasteiger partial charge >= 0.3 is 0 Å². The quantitative estimate of drug-likeness (QED) is 0.875. The normalized spacial score (nSPS) is 16.8. The van der Waals surface area contributed by atoms with Crippen LogP contribution in [-0.2, 0) is 6.54 Å². The molecule has 1 fully saturated rings. The summed E-state index contributed by atoms with van der Waals surface area (Å²) in [4.78, 5) is 4.30. The van der Waals surface area contributed by atoms with Gasteiger partial charge in [0.05, 0.1) is 5.69 Å². The van der Waals surface area contributed by atoms with Gasteiger partial charge in [-0.15, -0.1) is 12.4 Å². The van der Waals surface area contributed by atoms with Crippen LogP contribution >= 0.6 is 12.4 Å². The largest absolute Gasteiger partial charge is 0.311 e. The first-order chi connectivity index (χ1) is 7.45. The maximum atomic E-state index is 4.30. The van der Waals surface area contributed by atoms with Crippen molar-refractivity contribution in [3.8, 4) is 0 Å². The first-order valence-electron chi connectivity index (χ1n) is 6.06. The van der Waals surface area contributed by atoms with E-state index in [1.165, 1.54) is 32.1 Å². The average Bonchev–Trinajstić information content (AvgIpc) is 2.32. The van der Waals surface area contributed by atoms with Gasteiger partial charge in [0, 0.05) is 12.7 Å². The molecule has 0 amide bonds. The summed E-state index contributed by atoms with van der Waals surface area (Å²) in [6.07, 6.45) is 8.98. The lowest BCUT2D eigenvalue weighted by Crippen LogP contribution is -2.24. The van der Waals surface area contributed by atoms with Crippen LogP contribution in [0.1, 0.15) is 37.8 Å². The molecule has 2 rings (SSSR count). The Morgan fingerprint density at radius 3 is 2.69 bits per heavy atom. The Morgan fingerprint density at radius 2 is 2.00 bits per heavy atom. The van der Waals surface area contributed by atoms with Crippen LogP contribution in [0.15, 0.2) is 24.4 Å². The Hall–Kier alpha value is -0.600. The van der Waals surface area contributed by atoms with E-state index in [4.69, 9.17) is 0 Å². The monoisotopic (exact) mass is 240 g/mol. The maximum absolute atomic E-state index is 4.30. The second-order valence-corrected chi connectivity index (χ2v) is 4.46. The Kier molecular flexibility index (Phi) is 6.43. The van der Waals surface area contributed by atoms with Crippen molar-refractivity contribution in [3.63, 3.8) is 0 Å². The molecule has 0 spiro atoms. The number of nitrogens with one attached hydrogen (secondary N) is 1. The summed E-state index contributed by atoms with van der Waals surface area (Å²) >= 11 is 0. The summed E-state index contributed by atoms with van der Waals surface area (Å²) in [5.74, 6) is 0.905. The van der Waals surface area contributed by atoms with Gasteiger partial charge in [-0.05, 0) is 37.4 Å². The Balaban J connectivity index is 0.00000128. The molecule has 1 aliphatic carbocycles. The van der Waals surface area contributed by atoms with E-state index in [2.05, 4.69) is 16.4 Å². The second-order valence-electron chi connectivity index (χ2n) is 4.46. The van der Waals surface area contributed by atoms with Gasteiger partial charge < -0.3 is 5.32 Å². The van der Waals surface area contributed by atoms with Crippen LogP contribution in [0.5, 0.6) is 0 Å². The SMILES string of the molecule is Cl.c1ccc(CNCC2CCCCC2)nc1. The molecule has 0 aliphatic heterocycles. The van der Waals surface area contributed by atoms with Gasteiger partial charge in [-0.1, -0.05) is 25.3 Å². The zero-order chi connectivity index (χ0) is 10.3. The molecule has 16 heavy (non-hydrogen) atoms. The minimum atomic E-state index is 0. The van der Waals surface area contributed by atoms with Crippen molar-refractivity contribution in [2.24, 2.45) is 5.92 Å². The van der Waals surface area contributed by atoms with Crippen LogP contribution in [0.25, 0.3) is 0 Å². The van der Waals surface area contributed by atoms with Gasteiger partial charge in [-0.3, -0.25) is 4.98 Å². The summed E-state index contributed by atoms with van der Waals surface area (Å²) in [6, 6.07) is 6.09. The van der Waals surface area contributed by atoms with E-state index in [0.717, 1.165) is 24.7 Å². The van der Waals surface area contributed by atoms with Crippen LogP contribution in [0.2, 0.25) is 0 Å². The third-order valence-electron chi connectivity index (χ3n) is 3.19. The van der Waals surface area contributed by atoms with E-state index in [9.17, 15) is 0 Å². The van der Waals surface area contributed by atoms with Crippen molar-refractivity contribution in [3.05, 3.63) is 30.1 Å². The molecule has 90 valence electrons. The van der Waals surface area contributed by atoms with Gasteiger partial charge in [0.2, 0.25) is 0 Å². The van der Waals surface area contributed by atoms with E-state index >= 15 is 0 Å². The predicted molar refractivity (Wildman–Crippen MR) is 69.8 cm³/mol. The molecule has 1 aliphatic rings. The van der Waals surface area contributed by atoms with Crippen LogP contribution < -0.4 is 5.32 Å². The van der Waals surface area contributed by atoms with Crippen LogP contribution in [0, 0.1) is 5.92 Å². The minimum absolute atomic E-state index is 0. The number of hydrogen-bond donors (Lipinski definition) is 1. The second kappa shape index (κ2) is 7.64. The lowest BCUT2D eigenvalue weighted by Gasteiger charge is -2.21. The summed E-state index contributed by atoms with van der Waals surface area (Å²) < 4.78 is 0. The molecule has 1 aromatic rings. The Bertz CT molecular complexity index is 271. The molecule has 0 unspecified atom stereocenters. The molecular weight excluding hydrogens is 220 g/mol. The van der Waals surface area contributed by atoms with Crippen molar-refractivity contribution in [1.82, 2.24) is 10.3 Å². The van der Waals surface area contributed by atoms with Crippen molar-refractivity contribution in [1.29, 1.82) is 0 Å². The van der Waals surface area contributed by atoms with Gasteiger partial charge in [-0.25, -0.2) is 0 Å². The van der Waals surface area contributed by atoms with Gasteiger partial charge in [-0.2, -0.15) is 0 Å². The Morgan fingerprint density at radius 1 is 1.19 bits per heavy atom. The molecule has 1 aromatic heterocycles. The molecule has 0 bridgehead atoms. The molecule has 2 nitrogen and oxygen atoms in total. The topological polar surface area (TPSA) is 24.9 Å². The highest BCUT2D eigenvalue weighted by atomic mass is 35.5. The van der Waals surface area contributed by atoms with E-state index in [1.807, 2.05) is 18.3 Å². The van der Waals surface area contributed by atoms with E-state index in [0.29, 0.717) is 0 Å². The number of halogens is 1. The van der Waals surface area contributed by atoms with Crippen molar-refractivity contribution < 1.29 is 0 Å². The lowest BCUT2D eigenvalue weighted by atomic mass is 9.89. The molecule has 0 radical (unpaired) electrons. The van der Waals surface area contributed by atoms with Crippen molar-refractivity contribution >= 4 is 12.4 Å². The number of pyridine rings is 1. The van der Waals surface area contributed by atoms with E-state index in [1.54, 1.807) is 0 Å². The van der Waals surface area contributed by atoms with Gasteiger partial charge in [0.15, 0.2) is 0 Å². The highest BCUT2D eigenvalue weighted by molar-refractivity contribution is 5.85. The fourth-order valence-corrected chi connectivity index (χ4v) is 2.30. The number of aromatic nitrogens is 1. The third kappa shape index (κ3) is 4.50. The summed E-state index contributed by atoms with van der Waals surface area (Å²) in [6.45, 7) is 2.08. The highest BCUT2D eigenvalue weighted by Crippen LogP contribution is 2.22. The zero-order valence-electron chi connectivity index (χ0n) is 9.69. The standard InChI is InChI=1S/C13H20N2.ClH/c1-2-6-12(7-3-1)10-14-11-13-8-4-5-9-15-13;/h4-5,8-9,12,14H,1-3,6-7,10-11H2;1H. The third-order valence-corrected chi connectivity index (χ3v) is 3.19. The zero-order valence-corrected chi connectivity index (χ0v) is 10.5. The smallest absolute Gasteiger partial charge is 0.0541 e. The first-order valence-corrected chi connectivity index (χ1v) is 6.06. The van der Waals surface area contributed by atoms with Crippen molar-refractivity contribution in [2.75, 3.05) is 6.54 Å². The minimum Gasteiger partial charge on any atom is -0.311 e. The van der Waals surface area contributed by atoms with Gasteiger partial charge in [0.25, 0.3) is 0 Å². The molecule has 1 N–H and O–H groups in total. The van der Waals surface area contributed by atoms with Crippen LogP contribution in [0.4, 0.5) is 0 Å². The maximum Gasteiger partial charge on any atom is 0.0541 e. The van der Waals surface area contributed by atoms with Crippen LogP contribution in [0.3, 0.4) is 0 Å². The molecule has 0 aromatic carbocycles. The molecule has 0 atom stereocenters. The molecule has 1 heterocycles. The fourth-order valence-electron chi connectivity index (χ4n) is 2.30.